The predicted molar refractivity (Wildman–Crippen MR) is 158 cm³/mol. The van der Waals surface area contributed by atoms with Crippen molar-refractivity contribution >= 4 is 29.0 Å². The number of carbonyl (C=O) groups excluding carboxylic acids is 2. The van der Waals surface area contributed by atoms with Crippen LogP contribution in [0.1, 0.15) is 57.1 Å². The predicted octanol–water partition coefficient (Wildman–Crippen LogP) is 6.71. The van der Waals surface area contributed by atoms with Crippen LogP contribution in [-0.2, 0) is 22.6 Å². The second-order valence-electron chi connectivity index (χ2n) is 10.0. The molecule has 0 radical (unpaired) electrons. The molecule has 0 saturated carbocycles. The van der Waals surface area contributed by atoms with Gasteiger partial charge in [0.1, 0.15) is 17.9 Å². The minimum Gasteiger partial charge on any atom is -0.445 e. The fourth-order valence-electron chi connectivity index (χ4n) is 4.53. The number of benzene rings is 2. The molecule has 0 aliphatic heterocycles. The Bertz CT molecular complexity index is 1410. The molecule has 0 aliphatic carbocycles. The number of carbonyl (C=O) groups is 2. The molecule has 2 heterocycles. The van der Waals surface area contributed by atoms with Gasteiger partial charge in [0.25, 0.3) is 0 Å². The van der Waals surface area contributed by atoms with Crippen molar-refractivity contribution in [1.82, 2.24) is 20.3 Å². The van der Waals surface area contributed by atoms with Gasteiger partial charge in [-0.05, 0) is 61.4 Å². The number of ether oxygens (including phenoxy) is 1. The Balaban J connectivity index is 1.28. The van der Waals surface area contributed by atoms with Crippen molar-refractivity contribution in [1.29, 1.82) is 0 Å². The molecule has 0 bridgehead atoms. The van der Waals surface area contributed by atoms with Crippen LogP contribution in [0.25, 0.3) is 22.4 Å². The van der Waals surface area contributed by atoms with Gasteiger partial charge in [-0.3, -0.25) is 9.78 Å². The fourth-order valence-corrected chi connectivity index (χ4v) is 4.53. The summed E-state index contributed by atoms with van der Waals surface area (Å²) in [5, 5.41) is 5.51. The molecule has 0 aliphatic rings. The maximum Gasteiger partial charge on any atom is 0.407 e. The molecule has 0 saturated heterocycles. The van der Waals surface area contributed by atoms with E-state index >= 15 is 0 Å². The molecule has 2 N–H and O–H groups in total. The lowest BCUT2D eigenvalue weighted by atomic mass is 9.96. The van der Waals surface area contributed by atoms with E-state index in [0.717, 1.165) is 43.2 Å². The third kappa shape index (κ3) is 8.86. The highest BCUT2D eigenvalue weighted by Crippen LogP contribution is 2.22. The highest BCUT2D eigenvalue weighted by molar-refractivity contribution is 5.90. The van der Waals surface area contributed by atoms with E-state index in [2.05, 4.69) is 56.8 Å². The second kappa shape index (κ2) is 14.7. The summed E-state index contributed by atoms with van der Waals surface area (Å²) in [6.07, 6.45) is 6.98. The van der Waals surface area contributed by atoms with Crippen LogP contribution >= 0.6 is 0 Å². The van der Waals surface area contributed by atoms with Crippen LogP contribution in [0.4, 0.5) is 10.6 Å². The van der Waals surface area contributed by atoms with E-state index in [-0.39, 0.29) is 12.5 Å². The summed E-state index contributed by atoms with van der Waals surface area (Å²) < 4.78 is 5.22. The number of fused-ring (bicyclic) bond motifs is 1. The molecule has 2 aromatic heterocycles. The number of hydrogen-bond donors (Lipinski definition) is 2. The minimum absolute atomic E-state index is 0.0488. The smallest absolute Gasteiger partial charge is 0.407 e. The van der Waals surface area contributed by atoms with Crippen LogP contribution in [0.5, 0.6) is 0 Å². The summed E-state index contributed by atoms with van der Waals surface area (Å²) in [7, 11) is 0. The van der Waals surface area contributed by atoms with Crippen molar-refractivity contribution in [3.63, 3.8) is 0 Å². The number of alkyl carbamates (subject to hydrolysis) is 1. The second-order valence-corrected chi connectivity index (χ2v) is 10.0. The molecule has 4 rings (SSSR count). The van der Waals surface area contributed by atoms with Gasteiger partial charge in [-0.25, -0.2) is 14.8 Å². The molecular weight excluding hydrogens is 502 g/mol. The Labute approximate surface area is 235 Å². The molecular formula is C32H37N5O3. The Kier molecular flexibility index (Phi) is 10.6. The van der Waals surface area contributed by atoms with E-state index in [0.29, 0.717) is 41.6 Å². The first-order valence-corrected chi connectivity index (χ1v) is 14.0. The summed E-state index contributed by atoms with van der Waals surface area (Å²) in [6.45, 7) is 4.76. The molecule has 1 atom stereocenters. The molecule has 40 heavy (non-hydrogen) atoms. The molecule has 1 unspecified atom stereocenters. The maximum absolute atomic E-state index is 12.6. The number of nitrogens with one attached hydrogen (secondary N) is 2. The van der Waals surface area contributed by atoms with E-state index < -0.39 is 6.09 Å². The highest BCUT2D eigenvalue weighted by atomic mass is 16.5. The van der Waals surface area contributed by atoms with Crippen molar-refractivity contribution in [3.8, 4) is 11.3 Å². The van der Waals surface area contributed by atoms with Crippen LogP contribution in [0.15, 0.2) is 72.9 Å². The van der Waals surface area contributed by atoms with Gasteiger partial charge in [0.2, 0.25) is 5.91 Å². The van der Waals surface area contributed by atoms with Gasteiger partial charge in [-0.2, -0.15) is 0 Å². The number of aromatic nitrogens is 3. The third-order valence-electron chi connectivity index (χ3n) is 6.69. The Morgan fingerprint density at radius 3 is 2.55 bits per heavy atom. The van der Waals surface area contributed by atoms with Crippen molar-refractivity contribution in [2.45, 2.75) is 59.0 Å². The Morgan fingerprint density at radius 1 is 0.925 bits per heavy atom. The van der Waals surface area contributed by atoms with Crippen LogP contribution in [0, 0.1) is 5.92 Å². The molecule has 208 valence electrons. The first kappa shape index (κ1) is 28.7. The minimum atomic E-state index is -0.453. The lowest BCUT2D eigenvalue weighted by molar-refractivity contribution is -0.116. The fraction of sp³-hybridized carbons (Fsp3) is 0.344. The highest BCUT2D eigenvalue weighted by Gasteiger charge is 2.10. The quantitative estimate of drug-likeness (QED) is 0.196. The van der Waals surface area contributed by atoms with Crippen LogP contribution in [0.3, 0.4) is 0 Å². The average Bonchev–Trinajstić information content (AvgIpc) is 2.96. The number of anilines is 1. The van der Waals surface area contributed by atoms with Gasteiger partial charge in [0.05, 0.1) is 11.9 Å². The van der Waals surface area contributed by atoms with Gasteiger partial charge in [-0.15, -0.1) is 0 Å². The first-order valence-electron chi connectivity index (χ1n) is 14.0. The van der Waals surface area contributed by atoms with Gasteiger partial charge < -0.3 is 15.4 Å². The maximum atomic E-state index is 12.6. The molecule has 8 nitrogen and oxygen atoms in total. The van der Waals surface area contributed by atoms with E-state index in [1.807, 2.05) is 37.3 Å². The van der Waals surface area contributed by atoms with E-state index in [1.165, 1.54) is 5.56 Å². The molecule has 8 heteroatoms. The summed E-state index contributed by atoms with van der Waals surface area (Å²) in [5.74, 6) is 0.999. The topological polar surface area (TPSA) is 106 Å². The van der Waals surface area contributed by atoms with Gasteiger partial charge >= 0.3 is 6.09 Å². The number of nitrogens with zero attached hydrogens (tertiary/aromatic N) is 3. The molecule has 4 aromatic rings. The van der Waals surface area contributed by atoms with Crippen LogP contribution in [0.2, 0.25) is 0 Å². The lowest BCUT2D eigenvalue weighted by Crippen LogP contribution is -2.23. The third-order valence-corrected chi connectivity index (χ3v) is 6.69. The van der Waals surface area contributed by atoms with Crippen LogP contribution < -0.4 is 10.6 Å². The zero-order valence-corrected chi connectivity index (χ0v) is 23.2. The van der Waals surface area contributed by atoms with Crippen molar-refractivity contribution in [2.75, 3.05) is 11.9 Å². The Hall–Kier alpha value is -4.33. The largest absolute Gasteiger partial charge is 0.445 e. The van der Waals surface area contributed by atoms with E-state index in [4.69, 9.17) is 4.74 Å². The van der Waals surface area contributed by atoms with Crippen LogP contribution in [-0.4, -0.2) is 33.5 Å². The van der Waals surface area contributed by atoms with Gasteiger partial charge in [0.15, 0.2) is 5.65 Å². The Morgan fingerprint density at radius 2 is 1.73 bits per heavy atom. The SMILES string of the molecule is CCNC(=O)OCc1cccc(-c2cnc3ccc(NC(=O)CCCC(C)CCCc4ccccc4)nc3n2)c1. The standard InChI is InChI=1S/C32H37N5O3/c1-3-33-32(39)40-22-25-15-9-16-26(20-25)28-21-34-27-18-19-29(37-31(27)35-28)36-30(38)17-8-11-23(2)10-7-14-24-12-5-4-6-13-24/h4-6,9,12-13,15-16,18-21,23H,3,7-8,10-11,14,17,22H2,1-2H3,(H,33,39)(H,35,36,37,38). The van der Waals surface area contributed by atoms with Gasteiger partial charge in [-0.1, -0.05) is 68.3 Å². The lowest BCUT2D eigenvalue weighted by Gasteiger charge is -2.11. The molecule has 0 spiro atoms. The molecule has 2 amide bonds. The van der Waals surface area contributed by atoms with E-state index in [9.17, 15) is 9.59 Å². The summed E-state index contributed by atoms with van der Waals surface area (Å²) in [5.41, 5.74) is 4.79. The first-order chi connectivity index (χ1) is 19.5. The van der Waals surface area contributed by atoms with Crippen molar-refractivity contribution < 1.29 is 14.3 Å². The monoisotopic (exact) mass is 539 g/mol. The zero-order valence-electron chi connectivity index (χ0n) is 23.2. The number of rotatable bonds is 13. The number of pyridine rings is 1. The zero-order chi connectivity index (χ0) is 28.2. The average molecular weight is 540 g/mol. The summed E-state index contributed by atoms with van der Waals surface area (Å²) in [4.78, 5) is 37.9. The normalized spacial score (nSPS) is 11.7. The van der Waals surface area contributed by atoms with E-state index in [1.54, 1.807) is 18.3 Å². The van der Waals surface area contributed by atoms with Crippen molar-refractivity contribution in [2.24, 2.45) is 5.92 Å². The summed E-state index contributed by atoms with van der Waals surface area (Å²) in [6, 6.07) is 21.7. The summed E-state index contributed by atoms with van der Waals surface area (Å²) >= 11 is 0. The number of amides is 2. The number of aryl methyl sites for hydroxylation is 1. The molecule has 0 fully saturated rings. The van der Waals surface area contributed by atoms with Crippen molar-refractivity contribution in [3.05, 3.63) is 84.1 Å². The van der Waals surface area contributed by atoms with Gasteiger partial charge in [0, 0.05) is 18.5 Å². The molecule has 2 aromatic carbocycles. The number of hydrogen-bond acceptors (Lipinski definition) is 6.